The van der Waals surface area contributed by atoms with E-state index in [1.807, 2.05) is 20.8 Å². The molecular weight excluding hydrogens is 374 g/mol. The highest BCUT2D eigenvalue weighted by Gasteiger charge is 2.28. The lowest BCUT2D eigenvalue weighted by molar-refractivity contribution is -0.135. The van der Waals surface area contributed by atoms with Crippen LogP contribution in [0.2, 0.25) is 0 Å². The molecule has 0 spiro atoms. The SMILES string of the molecule is CC(C)(C)CC(=O)N(Cc1cccc(F)c1)C[C@H]1CC(c2ccc(F)cc2)=NO1. The van der Waals surface area contributed by atoms with Crippen LogP contribution in [0.25, 0.3) is 0 Å². The van der Waals surface area contributed by atoms with Gasteiger partial charge in [0.15, 0.2) is 6.10 Å². The largest absolute Gasteiger partial charge is 0.390 e. The van der Waals surface area contributed by atoms with Crippen LogP contribution in [-0.4, -0.2) is 29.2 Å². The smallest absolute Gasteiger partial charge is 0.223 e. The van der Waals surface area contributed by atoms with Crippen LogP contribution in [0.1, 0.15) is 44.7 Å². The third-order valence-corrected chi connectivity index (χ3v) is 4.63. The molecule has 0 aromatic heterocycles. The number of hydrogen-bond donors (Lipinski definition) is 0. The number of oxime groups is 1. The van der Waals surface area contributed by atoms with E-state index in [4.69, 9.17) is 4.84 Å². The van der Waals surface area contributed by atoms with Gasteiger partial charge in [0, 0.05) is 19.4 Å². The fourth-order valence-corrected chi connectivity index (χ4v) is 3.26. The van der Waals surface area contributed by atoms with Crippen molar-refractivity contribution in [1.29, 1.82) is 0 Å². The Kier molecular flexibility index (Phi) is 6.30. The van der Waals surface area contributed by atoms with Gasteiger partial charge >= 0.3 is 0 Å². The van der Waals surface area contributed by atoms with Crippen molar-refractivity contribution in [3.63, 3.8) is 0 Å². The van der Waals surface area contributed by atoms with Gasteiger partial charge in [0.1, 0.15) is 11.6 Å². The summed E-state index contributed by atoms with van der Waals surface area (Å²) in [5.74, 6) is -0.649. The Morgan fingerprint density at radius 3 is 2.52 bits per heavy atom. The van der Waals surface area contributed by atoms with E-state index in [-0.39, 0.29) is 29.1 Å². The van der Waals surface area contributed by atoms with Gasteiger partial charge in [-0.05, 0) is 40.8 Å². The lowest BCUT2D eigenvalue weighted by atomic mass is 9.91. The molecule has 0 fully saturated rings. The standard InChI is InChI=1S/C23H26F2N2O2/c1-23(2,3)13-22(28)27(14-16-5-4-6-19(25)11-16)15-20-12-21(26-29-20)17-7-9-18(24)10-8-17/h4-11,20H,12-15H2,1-3H3/t20-/m1/s1. The number of rotatable bonds is 6. The van der Waals surface area contributed by atoms with Gasteiger partial charge in [-0.15, -0.1) is 0 Å². The molecule has 1 heterocycles. The second-order valence-electron chi connectivity index (χ2n) is 8.62. The van der Waals surface area contributed by atoms with E-state index in [0.29, 0.717) is 25.9 Å². The van der Waals surface area contributed by atoms with Crippen LogP contribution in [0.3, 0.4) is 0 Å². The van der Waals surface area contributed by atoms with Crippen LogP contribution in [0.15, 0.2) is 53.7 Å². The van der Waals surface area contributed by atoms with Crippen LogP contribution in [-0.2, 0) is 16.2 Å². The summed E-state index contributed by atoms with van der Waals surface area (Å²) >= 11 is 0. The maximum absolute atomic E-state index is 13.6. The van der Waals surface area contributed by atoms with Crippen LogP contribution < -0.4 is 0 Å². The van der Waals surface area contributed by atoms with E-state index >= 15 is 0 Å². The molecule has 4 nitrogen and oxygen atoms in total. The van der Waals surface area contributed by atoms with Crippen molar-refractivity contribution in [3.05, 3.63) is 71.3 Å². The lowest BCUT2D eigenvalue weighted by Crippen LogP contribution is -2.38. The molecule has 1 amide bonds. The number of nitrogens with zero attached hydrogens (tertiary/aromatic N) is 2. The molecule has 29 heavy (non-hydrogen) atoms. The highest BCUT2D eigenvalue weighted by Crippen LogP contribution is 2.23. The molecule has 0 saturated heterocycles. The second kappa shape index (κ2) is 8.72. The summed E-state index contributed by atoms with van der Waals surface area (Å²) in [5, 5.41) is 4.12. The second-order valence-corrected chi connectivity index (χ2v) is 8.62. The number of benzene rings is 2. The predicted octanol–water partition coefficient (Wildman–Crippen LogP) is 4.92. The summed E-state index contributed by atoms with van der Waals surface area (Å²) in [5.41, 5.74) is 2.09. The summed E-state index contributed by atoms with van der Waals surface area (Å²) in [6.45, 7) is 6.67. The van der Waals surface area contributed by atoms with E-state index < -0.39 is 0 Å². The quantitative estimate of drug-likeness (QED) is 0.690. The summed E-state index contributed by atoms with van der Waals surface area (Å²) in [6.07, 6.45) is 0.599. The molecule has 0 N–H and O–H groups in total. The van der Waals surface area contributed by atoms with Crippen molar-refractivity contribution in [2.24, 2.45) is 10.6 Å². The van der Waals surface area contributed by atoms with Crippen molar-refractivity contribution < 1.29 is 18.4 Å². The third kappa shape index (κ3) is 6.11. The Labute approximate surface area is 170 Å². The minimum atomic E-state index is -0.329. The molecule has 6 heteroatoms. The minimum absolute atomic E-state index is 0.0133. The molecule has 0 aliphatic carbocycles. The number of carbonyl (C=O) groups is 1. The van der Waals surface area contributed by atoms with Crippen LogP contribution in [0.5, 0.6) is 0 Å². The molecule has 0 unspecified atom stereocenters. The normalized spacial score (nSPS) is 16.3. The number of hydrogen-bond acceptors (Lipinski definition) is 3. The molecule has 0 saturated carbocycles. The first-order valence-corrected chi connectivity index (χ1v) is 9.70. The maximum Gasteiger partial charge on any atom is 0.223 e. The molecule has 0 radical (unpaired) electrons. The predicted molar refractivity (Wildman–Crippen MR) is 108 cm³/mol. The number of carbonyl (C=O) groups excluding carboxylic acids is 1. The maximum atomic E-state index is 13.6. The number of halogens is 2. The first-order valence-electron chi connectivity index (χ1n) is 9.70. The van der Waals surface area contributed by atoms with Gasteiger partial charge in [-0.3, -0.25) is 4.79 Å². The summed E-state index contributed by atoms with van der Waals surface area (Å²) in [7, 11) is 0. The van der Waals surface area contributed by atoms with Gasteiger partial charge in [0.2, 0.25) is 5.91 Å². The van der Waals surface area contributed by atoms with Gasteiger partial charge in [0.05, 0.1) is 12.3 Å². The van der Waals surface area contributed by atoms with Crippen LogP contribution >= 0.6 is 0 Å². The van der Waals surface area contributed by atoms with E-state index in [1.54, 1.807) is 29.2 Å². The van der Waals surface area contributed by atoms with Crippen molar-refractivity contribution in [1.82, 2.24) is 4.90 Å². The zero-order chi connectivity index (χ0) is 21.0. The number of amides is 1. The molecular formula is C23H26F2N2O2. The van der Waals surface area contributed by atoms with E-state index in [2.05, 4.69) is 5.16 Å². The molecule has 3 rings (SSSR count). The zero-order valence-electron chi connectivity index (χ0n) is 17.0. The van der Waals surface area contributed by atoms with Crippen LogP contribution in [0, 0.1) is 17.0 Å². The highest BCUT2D eigenvalue weighted by atomic mass is 19.1. The first kappa shape index (κ1) is 21.0. The summed E-state index contributed by atoms with van der Waals surface area (Å²) in [6, 6.07) is 12.4. The van der Waals surface area contributed by atoms with Gasteiger partial charge in [-0.1, -0.05) is 50.2 Å². The Bertz CT molecular complexity index is 888. The van der Waals surface area contributed by atoms with Gasteiger partial charge in [0.25, 0.3) is 0 Å². The fourth-order valence-electron chi connectivity index (χ4n) is 3.26. The molecule has 1 atom stereocenters. The minimum Gasteiger partial charge on any atom is -0.390 e. The average molecular weight is 400 g/mol. The Morgan fingerprint density at radius 1 is 1.14 bits per heavy atom. The monoisotopic (exact) mass is 400 g/mol. The molecule has 2 aromatic rings. The Balaban J connectivity index is 1.69. The van der Waals surface area contributed by atoms with E-state index in [1.165, 1.54) is 24.3 Å². The van der Waals surface area contributed by atoms with Crippen molar-refractivity contribution >= 4 is 11.6 Å². The highest BCUT2D eigenvalue weighted by molar-refractivity contribution is 6.01. The summed E-state index contributed by atoms with van der Waals surface area (Å²) < 4.78 is 26.7. The van der Waals surface area contributed by atoms with Crippen LogP contribution in [0.4, 0.5) is 8.78 Å². The Morgan fingerprint density at radius 2 is 1.86 bits per heavy atom. The average Bonchev–Trinajstić information content (AvgIpc) is 3.09. The molecule has 1 aliphatic heterocycles. The van der Waals surface area contributed by atoms with Crippen molar-refractivity contribution in [2.75, 3.05) is 6.54 Å². The molecule has 2 aromatic carbocycles. The van der Waals surface area contributed by atoms with Gasteiger partial charge in [-0.2, -0.15) is 0 Å². The first-order chi connectivity index (χ1) is 13.7. The fraction of sp³-hybridized carbons (Fsp3) is 0.391. The van der Waals surface area contributed by atoms with Crippen molar-refractivity contribution in [2.45, 2.75) is 46.3 Å². The topological polar surface area (TPSA) is 41.9 Å². The Hall–Kier alpha value is -2.76. The lowest BCUT2D eigenvalue weighted by Gasteiger charge is -2.28. The third-order valence-electron chi connectivity index (χ3n) is 4.63. The molecule has 0 bridgehead atoms. The van der Waals surface area contributed by atoms with Gasteiger partial charge in [-0.25, -0.2) is 8.78 Å². The van der Waals surface area contributed by atoms with E-state index in [9.17, 15) is 13.6 Å². The zero-order valence-corrected chi connectivity index (χ0v) is 17.0. The summed E-state index contributed by atoms with van der Waals surface area (Å²) in [4.78, 5) is 20.2. The van der Waals surface area contributed by atoms with Crippen molar-refractivity contribution in [3.8, 4) is 0 Å². The van der Waals surface area contributed by atoms with Gasteiger partial charge < -0.3 is 9.74 Å². The molecule has 154 valence electrons. The van der Waals surface area contributed by atoms with E-state index in [0.717, 1.165) is 16.8 Å². The molecule has 1 aliphatic rings.